The summed E-state index contributed by atoms with van der Waals surface area (Å²) in [6.45, 7) is 0. The fourth-order valence-corrected chi connectivity index (χ4v) is 3.60. The molecule has 0 fully saturated rings. The summed E-state index contributed by atoms with van der Waals surface area (Å²) in [6, 6.07) is 4.08. The number of sulfonamides is 1. The van der Waals surface area contributed by atoms with E-state index in [1.807, 2.05) is 0 Å². The summed E-state index contributed by atoms with van der Waals surface area (Å²) in [7, 11) is -3.97. The molecule has 2 aromatic heterocycles. The van der Waals surface area contributed by atoms with E-state index in [0.717, 1.165) is 11.3 Å². The molecule has 2 N–H and O–H groups in total. The van der Waals surface area contributed by atoms with Gasteiger partial charge in [-0.1, -0.05) is 11.6 Å². The Morgan fingerprint density at radius 1 is 1.42 bits per heavy atom. The molecule has 0 spiro atoms. The van der Waals surface area contributed by atoms with E-state index in [1.54, 1.807) is 0 Å². The zero-order valence-corrected chi connectivity index (χ0v) is 11.6. The molecule has 0 unspecified atom stereocenters. The number of nitrogens with one attached hydrogen (secondary N) is 1. The topological polar surface area (TPSA) is 96.4 Å². The maximum absolute atomic E-state index is 12.1. The first-order chi connectivity index (χ1) is 8.92. The number of rotatable bonds is 4. The lowest BCUT2D eigenvalue weighted by atomic mass is 10.4. The smallest absolute Gasteiger partial charge is 0.348 e. The third-order valence-electron chi connectivity index (χ3n) is 2.12. The van der Waals surface area contributed by atoms with Crippen molar-refractivity contribution >= 4 is 44.6 Å². The number of aromatic nitrogens is 1. The van der Waals surface area contributed by atoms with Crippen LogP contribution >= 0.6 is 22.9 Å². The Bertz CT molecular complexity index is 727. The van der Waals surface area contributed by atoms with Gasteiger partial charge in [-0.15, -0.1) is 11.3 Å². The number of hydrogen-bond acceptors (Lipinski definition) is 5. The Hall–Kier alpha value is -1.64. The number of nitrogens with zero attached hydrogens (tertiary/aromatic N) is 1. The SMILES string of the molecule is O=C(O)c1sccc1NS(=O)(=O)c1cccnc1Cl. The predicted octanol–water partition coefficient (Wildman–Crippen LogP) is 2.30. The standard InChI is InChI=1S/C10H7ClN2O4S2/c11-9-7(2-1-4-12-9)19(16,17)13-6-3-5-18-8(6)10(14)15/h1-5,13H,(H,14,15). The second-order valence-corrected chi connectivity index (χ2v) is 6.29. The predicted molar refractivity (Wildman–Crippen MR) is 71.3 cm³/mol. The van der Waals surface area contributed by atoms with Crippen molar-refractivity contribution in [3.8, 4) is 0 Å². The molecule has 9 heteroatoms. The van der Waals surface area contributed by atoms with Gasteiger partial charge in [0.2, 0.25) is 0 Å². The molecule has 6 nitrogen and oxygen atoms in total. The quantitative estimate of drug-likeness (QED) is 0.843. The van der Waals surface area contributed by atoms with Crippen molar-refractivity contribution in [3.63, 3.8) is 0 Å². The molecule has 0 radical (unpaired) electrons. The van der Waals surface area contributed by atoms with Crippen LogP contribution in [0.3, 0.4) is 0 Å². The molecule has 0 atom stereocenters. The molecule has 2 heterocycles. The highest BCUT2D eigenvalue weighted by Gasteiger charge is 2.22. The highest BCUT2D eigenvalue weighted by molar-refractivity contribution is 7.92. The highest BCUT2D eigenvalue weighted by Crippen LogP contribution is 2.26. The summed E-state index contributed by atoms with van der Waals surface area (Å²) in [5, 5.41) is 10.2. The number of anilines is 1. The van der Waals surface area contributed by atoms with Crippen LogP contribution in [-0.4, -0.2) is 24.5 Å². The van der Waals surface area contributed by atoms with Crippen molar-refractivity contribution in [1.29, 1.82) is 0 Å². The Labute approximate surface area is 117 Å². The minimum Gasteiger partial charge on any atom is -0.477 e. The monoisotopic (exact) mass is 318 g/mol. The number of carbonyl (C=O) groups is 1. The van der Waals surface area contributed by atoms with Gasteiger partial charge in [0.15, 0.2) is 0 Å². The van der Waals surface area contributed by atoms with Gasteiger partial charge < -0.3 is 5.11 Å². The van der Waals surface area contributed by atoms with Crippen LogP contribution in [0.2, 0.25) is 5.15 Å². The fourth-order valence-electron chi connectivity index (χ4n) is 1.33. The lowest BCUT2D eigenvalue weighted by Gasteiger charge is -2.08. The maximum Gasteiger partial charge on any atom is 0.348 e. The van der Waals surface area contributed by atoms with E-state index in [4.69, 9.17) is 16.7 Å². The number of thiophene rings is 1. The van der Waals surface area contributed by atoms with E-state index < -0.39 is 16.0 Å². The van der Waals surface area contributed by atoms with Crippen LogP contribution in [0, 0.1) is 0 Å². The molecule has 2 aromatic rings. The molecule has 0 aromatic carbocycles. The van der Waals surface area contributed by atoms with E-state index in [9.17, 15) is 13.2 Å². The Balaban J connectivity index is 2.40. The first-order valence-corrected chi connectivity index (χ1v) is 7.60. The minimum absolute atomic E-state index is 0.00239. The minimum atomic E-state index is -3.97. The van der Waals surface area contributed by atoms with Crippen LogP contribution in [0.15, 0.2) is 34.7 Å². The lowest BCUT2D eigenvalue weighted by Crippen LogP contribution is -2.15. The van der Waals surface area contributed by atoms with Crippen molar-refractivity contribution in [2.45, 2.75) is 4.90 Å². The molecular formula is C10H7ClN2O4S2. The first-order valence-electron chi connectivity index (χ1n) is 4.86. The molecule has 0 saturated carbocycles. The summed E-state index contributed by atoms with van der Waals surface area (Å²) in [5.74, 6) is -1.20. The summed E-state index contributed by atoms with van der Waals surface area (Å²) in [5.41, 5.74) is -0.00239. The third-order valence-corrected chi connectivity index (χ3v) is 4.83. The lowest BCUT2D eigenvalue weighted by molar-refractivity contribution is 0.0703. The summed E-state index contributed by atoms with van der Waals surface area (Å²) in [4.78, 5) is 14.3. The van der Waals surface area contributed by atoms with E-state index in [2.05, 4.69) is 9.71 Å². The van der Waals surface area contributed by atoms with Crippen LogP contribution in [0.4, 0.5) is 5.69 Å². The van der Waals surface area contributed by atoms with Gasteiger partial charge >= 0.3 is 5.97 Å². The molecule has 0 aliphatic heterocycles. The number of aromatic carboxylic acids is 1. The van der Waals surface area contributed by atoms with Gasteiger partial charge in [-0.05, 0) is 23.6 Å². The van der Waals surface area contributed by atoms with Crippen molar-refractivity contribution in [2.24, 2.45) is 0 Å². The van der Waals surface area contributed by atoms with E-state index in [-0.39, 0.29) is 20.6 Å². The largest absolute Gasteiger partial charge is 0.477 e. The van der Waals surface area contributed by atoms with Gasteiger partial charge in [-0.2, -0.15) is 0 Å². The van der Waals surface area contributed by atoms with Gasteiger partial charge in [-0.3, -0.25) is 4.72 Å². The van der Waals surface area contributed by atoms with E-state index in [0.29, 0.717) is 0 Å². The van der Waals surface area contributed by atoms with Crippen molar-refractivity contribution in [3.05, 3.63) is 39.8 Å². The van der Waals surface area contributed by atoms with Gasteiger partial charge in [-0.25, -0.2) is 18.2 Å². The van der Waals surface area contributed by atoms with E-state index >= 15 is 0 Å². The zero-order chi connectivity index (χ0) is 14.0. The molecule has 0 amide bonds. The average Bonchev–Trinajstić information content (AvgIpc) is 2.76. The Morgan fingerprint density at radius 2 is 2.16 bits per heavy atom. The van der Waals surface area contributed by atoms with Crippen LogP contribution in [0.25, 0.3) is 0 Å². The summed E-state index contributed by atoms with van der Waals surface area (Å²) >= 11 is 6.63. The number of pyridine rings is 1. The molecule has 0 bridgehead atoms. The molecule has 0 aliphatic carbocycles. The van der Waals surface area contributed by atoms with Gasteiger partial charge in [0.1, 0.15) is 14.9 Å². The first kappa shape index (κ1) is 13.8. The van der Waals surface area contributed by atoms with Crippen LogP contribution in [0.5, 0.6) is 0 Å². The summed E-state index contributed by atoms with van der Waals surface area (Å²) < 4.78 is 26.3. The number of carboxylic acids is 1. The fraction of sp³-hybridized carbons (Fsp3) is 0. The highest BCUT2D eigenvalue weighted by atomic mass is 35.5. The molecule has 0 aliphatic rings. The number of halogens is 1. The molecular weight excluding hydrogens is 312 g/mol. The number of hydrogen-bond donors (Lipinski definition) is 2. The Kier molecular flexibility index (Phi) is 3.74. The summed E-state index contributed by atoms with van der Waals surface area (Å²) in [6.07, 6.45) is 1.36. The second-order valence-electron chi connectivity index (χ2n) is 3.37. The van der Waals surface area contributed by atoms with Crippen molar-refractivity contribution < 1.29 is 18.3 Å². The third kappa shape index (κ3) is 2.86. The maximum atomic E-state index is 12.1. The van der Waals surface area contributed by atoms with Crippen LogP contribution < -0.4 is 4.72 Å². The Morgan fingerprint density at radius 3 is 2.79 bits per heavy atom. The number of carboxylic acid groups (broad SMARTS) is 1. The molecule has 100 valence electrons. The molecule has 19 heavy (non-hydrogen) atoms. The van der Waals surface area contributed by atoms with Crippen molar-refractivity contribution in [1.82, 2.24) is 4.98 Å². The van der Waals surface area contributed by atoms with Gasteiger partial charge in [0.05, 0.1) is 5.69 Å². The van der Waals surface area contributed by atoms with E-state index in [1.165, 1.54) is 29.8 Å². The molecule has 2 rings (SSSR count). The van der Waals surface area contributed by atoms with Gasteiger partial charge in [0.25, 0.3) is 10.0 Å². The van der Waals surface area contributed by atoms with Gasteiger partial charge in [0, 0.05) is 6.20 Å². The zero-order valence-electron chi connectivity index (χ0n) is 9.20. The van der Waals surface area contributed by atoms with Crippen molar-refractivity contribution in [2.75, 3.05) is 4.72 Å². The second kappa shape index (κ2) is 5.16. The molecule has 0 saturated heterocycles. The van der Waals surface area contributed by atoms with Crippen LogP contribution in [-0.2, 0) is 10.0 Å². The van der Waals surface area contributed by atoms with Crippen LogP contribution in [0.1, 0.15) is 9.67 Å². The average molecular weight is 319 g/mol. The normalized spacial score (nSPS) is 11.2.